The molecular formula is C18H19FN2O2S2. The number of thiophene rings is 1. The summed E-state index contributed by atoms with van der Waals surface area (Å²) in [4.78, 5) is 13.4. The van der Waals surface area contributed by atoms with Crippen LogP contribution in [-0.4, -0.2) is 18.2 Å². The molecule has 2 N–H and O–H groups in total. The van der Waals surface area contributed by atoms with Crippen molar-refractivity contribution in [3.63, 3.8) is 0 Å². The number of methoxy groups -OCH3 is 1. The lowest BCUT2D eigenvalue weighted by Crippen LogP contribution is -2.21. The van der Waals surface area contributed by atoms with E-state index in [1.165, 1.54) is 29.4 Å². The Kier molecular flexibility index (Phi) is 5.34. The number of rotatable bonds is 3. The molecule has 0 radical (unpaired) electrons. The molecule has 25 heavy (non-hydrogen) atoms. The van der Waals surface area contributed by atoms with E-state index in [-0.39, 0.29) is 16.9 Å². The predicted octanol–water partition coefficient (Wildman–Crippen LogP) is 4.67. The monoisotopic (exact) mass is 378 g/mol. The second kappa shape index (κ2) is 7.49. The number of anilines is 2. The van der Waals surface area contributed by atoms with Crippen LogP contribution >= 0.6 is 23.6 Å². The molecule has 0 atom stereocenters. The number of nitrogens with one attached hydrogen (secondary N) is 2. The fraction of sp³-hybridized carbons (Fsp3) is 0.333. The lowest BCUT2D eigenvalue weighted by atomic mass is 9.95. The molecule has 0 spiro atoms. The van der Waals surface area contributed by atoms with Gasteiger partial charge in [-0.3, -0.25) is 0 Å². The molecule has 1 aromatic heterocycles. The lowest BCUT2D eigenvalue weighted by Gasteiger charge is -2.13. The van der Waals surface area contributed by atoms with Gasteiger partial charge in [0.2, 0.25) is 0 Å². The summed E-state index contributed by atoms with van der Waals surface area (Å²) in [5.41, 5.74) is 2.83. The van der Waals surface area contributed by atoms with Crippen molar-refractivity contribution in [3.05, 3.63) is 45.6 Å². The fourth-order valence-corrected chi connectivity index (χ4v) is 4.52. The Hall–Kier alpha value is -1.99. The van der Waals surface area contributed by atoms with Crippen LogP contribution in [0.4, 0.5) is 15.1 Å². The van der Waals surface area contributed by atoms with E-state index in [9.17, 15) is 9.18 Å². The molecule has 0 bridgehead atoms. The van der Waals surface area contributed by atoms with Crippen LogP contribution in [0.15, 0.2) is 18.2 Å². The summed E-state index contributed by atoms with van der Waals surface area (Å²) in [5, 5.41) is 6.81. The van der Waals surface area contributed by atoms with Crippen LogP contribution < -0.4 is 10.6 Å². The third-order valence-corrected chi connectivity index (χ3v) is 5.57. The van der Waals surface area contributed by atoms with Crippen molar-refractivity contribution in [1.82, 2.24) is 0 Å². The van der Waals surface area contributed by atoms with Crippen molar-refractivity contribution in [3.8, 4) is 0 Å². The molecule has 3 rings (SSSR count). The molecular weight excluding hydrogens is 359 g/mol. The first-order valence-corrected chi connectivity index (χ1v) is 9.29. The molecule has 0 fully saturated rings. The Balaban J connectivity index is 1.84. The van der Waals surface area contributed by atoms with Gasteiger partial charge in [0.25, 0.3) is 0 Å². The van der Waals surface area contributed by atoms with Gasteiger partial charge in [0.05, 0.1) is 18.4 Å². The molecule has 0 aliphatic heterocycles. The number of esters is 1. The van der Waals surface area contributed by atoms with Gasteiger partial charge in [-0.25, -0.2) is 9.18 Å². The highest BCUT2D eigenvalue weighted by Gasteiger charge is 2.26. The number of carbonyl (C=O) groups is 1. The molecule has 0 saturated heterocycles. The number of halogens is 1. The number of hydrogen-bond acceptors (Lipinski definition) is 4. The average molecular weight is 378 g/mol. The average Bonchev–Trinajstić information content (AvgIpc) is 2.95. The summed E-state index contributed by atoms with van der Waals surface area (Å²) in [6.07, 6.45) is 4.00. The molecule has 0 amide bonds. The minimum Gasteiger partial charge on any atom is -0.465 e. The van der Waals surface area contributed by atoms with Crippen LogP contribution in [0.5, 0.6) is 0 Å². The first-order chi connectivity index (χ1) is 12.0. The molecule has 0 saturated carbocycles. The summed E-state index contributed by atoms with van der Waals surface area (Å²) < 4.78 is 18.8. The topological polar surface area (TPSA) is 50.4 Å². The van der Waals surface area contributed by atoms with Crippen LogP contribution in [0.3, 0.4) is 0 Å². The number of hydrogen-bond donors (Lipinski definition) is 2. The Morgan fingerprint density at radius 2 is 2.04 bits per heavy atom. The van der Waals surface area contributed by atoms with Crippen LogP contribution in [0.25, 0.3) is 0 Å². The van der Waals surface area contributed by atoms with Gasteiger partial charge >= 0.3 is 5.97 Å². The van der Waals surface area contributed by atoms with Crippen molar-refractivity contribution in [2.75, 3.05) is 17.7 Å². The zero-order chi connectivity index (χ0) is 18.0. The van der Waals surface area contributed by atoms with Crippen LogP contribution in [0.2, 0.25) is 0 Å². The molecule has 1 aliphatic carbocycles. The summed E-state index contributed by atoms with van der Waals surface area (Å²) in [6, 6.07) is 4.77. The van der Waals surface area contributed by atoms with Crippen LogP contribution in [0.1, 0.15) is 39.2 Å². The third kappa shape index (κ3) is 3.82. The van der Waals surface area contributed by atoms with Gasteiger partial charge in [0.1, 0.15) is 10.8 Å². The normalized spacial score (nSPS) is 13.1. The highest BCUT2D eigenvalue weighted by Crippen LogP contribution is 2.38. The first kappa shape index (κ1) is 17.8. The van der Waals surface area contributed by atoms with Crippen molar-refractivity contribution < 1.29 is 13.9 Å². The quantitative estimate of drug-likeness (QED) is 0.600. The minimum absolute atomic E-state index is 0.244. The maximum absolute atomic E-state index is 13.9. The molecule has 132 valence electrons. The van der Waals surface area contributed by atoms with Crippen molar-refractivity contribution >= 4 is 45.3 Å². The number of thiocarbonyl (C=S) groups is 1. The molecule has 0 unspecified atom stereocenters. The number of aryl methyl sites for hydroxylation is 2. The summed E-state index contributed by atoms with van der Waals surface area (Å²) in [6.45, 7) is 1.88. The van der Waals surface area contributed by atoms with Gasteiger partial charge in [0, 0.05) is 4.88 Å². The number of benzene rings is 1. The molecule has 1 aliphatic rings. The second-order valence-corrected chi connectivity index (χ2v) is 7.48. The smallest absolute Gasteiger partial charge is 0.341 e. The SMILES string of the molecule is COC(=O)c1c(NC(=S)Nc2cc(C)ccc2F)sc2c1CCCC2. The van der Waals surface area contributed by atoms with E-state index in [2.05, 4.69) is 10.6 Å². The maximum Gasteiger partial charge on any atom is 0.341 e. The number of fused-ring (bicyclic) bond motifs is 1. The first-order valence-electron chi connectivity index (χ1n) is 8.06. The van der Waals surface area contributed by atoms with Crippen molar-refractivity contribution in [1.29, 1.82) is 0 Å². The zero-order valence-corrected chi connectivity index (χ0v) is 15.7. The minimum atomic E-state index is -0.381. The molecule has 1 aromatic carbocycles. The number of carbonyl (C=O) groups excluding carboxylic acids is 1. The van der Waals surface area contributed by atoms with Gasteiger partial charge in [-0.15, -0.1) is 11.3 Å². The summed E-state index contributed by atoms with van der Waals surface area (Å²) in [7, 11) is 1.37. The Morgan fingerprint density at radius 1 is 1.28 bits per heavy atom. The van der Waals surface area contributed by atoms with E-state index in [1.807, 2.05) is 6.92 Å². The highest BCUT2D eigenvalue weighted by molar-refractivity contribution is 7.80. The molecule has 2 aromatic rings. The van der Waals surface area contributed by atoms with E-state index < -0.39 is 0 Å². The van der Waals surface area contributed by atoms with Gasteiger partial charge < -0.3 is 15.4 Å². The van der Waals surface area contributed by atoms with E-state index in [4.69, 9.17) is 17.0 Å². The van der Waals surface area contributed by atoms with E-state index in [0.717, 1.165) is 36.8 Å². The van der Waals surface area contributed by atoms with Crippen molar-refractivity contribution in [2.24, 2.45) is 0 Å². The highest BCUT2D eigenvalue weighted by atomic mass is 32.1. The summed E-state index contributed by atoms with van der Waals surface area (Å²) >= 11 is 6.83. The lowest BCUT2D eigenvalue weighted by molar-refractivity contribution is 0.0601. The largest absolute Gasteiger partial charge is 0.465 e. The molecule has 1 heterocycles. The number of ether oxygens (including phenoxy) is 1. The molecule has 7 heteroatoms. The van der Waals surface area contributed by atoms with Crippen molar-refractivity contribution in [2.45, 2.75) is 32.6 Å². The molecule has 4 nitrogen and oxygen atoms in total. The third-order valence-electron chi connectivity index (χ3n) is 4.16. The predicted molar refractivity (Wildman–Crippen MR) is 103 cm³/mol. The Labute approximate surface area is 155 Å². The Bertz CT molecular complexity index is 833. The fourth-order valence-electron chi connectivity index (χ4n) is 2.96. The van der Waals surface area contributed by atoms with Gasteiger partial charge in [-0.1, -0.05) is 6.07 Å². The van der Waals surface area contributed by atoms with E-state index in [0.29, 0.717) is 16.3 Å². The van der Waals surface area contributed by atoms with Gasteiger partial charge in [0.15, 0.2) is 5.11 Å². The van der Waals surface area contributed by atoms with Crippen LogP contribution in [0, 0.1) is 12.7 Å². The van der Waals surface area contributed by atoms with Gasteiger partial charge in [-0.05, 0) is 68.1 Å². The zero-order valence-electron chi connectivity index (χ0n) is 14.1. The van der Waals surface area contributed by atoms with E-state index >= 15 is 0 Å². The Morgan fingerprint density at radius 3 is 2.80 bits per heavy atom. The van der Waals surface area contributed by atoms with Crippen LogP contribution in [-0.2, 0) is 17.6 Å². The second-order valence-electron chi connectivity index (χ2n) is 5.97. The maximum atomic E-state index is 13.9. The summed E-state index contributed by atoms with van der Waals surface area (Å²) in [5.74, 6) is -0.750. The standard InChI is InChI=1S/C18H19FN2O2S2/c1-10-7-8-12(19)13(9-10)20-18(24)21-16-15(17(22)23-2)11-5-3-4-6-14(11)25-16/h7-9H,3-6H2,1-2H3,(H2,20,21,24). The van der Waals surface area contributed by atoms with Gasteiger partial charge in [-0.2, -0.15) is 0 Å². The van der Waals surface area contributed by atoms with E-state index in [1.54, 1.807) is 12.1 Å².